The van der Waals surface area contributed by atoms with Crippen molar-refractivity contribution in [3.05, 3.63) is 65.2 Å². The van der Waals surface area contributed by atoms with E-state index in [-0.39, 0.29) is 45.4 Å². The first-order valence-corrected chi connectivity index (χ1v) is 14.1. The Morgan fingerprint density at radius 2 is 1.38 bits per heavy atom. The van der Waals surface area contributed by atoms with Crippen LogP contribution in [0.4, 0.5) is 0 Å². The van der Waals surface area contributed by atoms with Gasteiger partial charge in [-0.15, -0.1) is 0 Å². The van der Waals surface area contributed by atoms with E-state index < -0.39 is 41.4 Å². The maximum atomic E-state index is 13.4. The highest BCUT2D eigenvalue weighted by molar-refractivity contribution is 5.90. The van der Waals surface area contributed by atoms with Crippen LogP contribution < -0.4 is 23.7 Å². The molecule has 0 aliphatic heterocycles. The van der Waals surface area contributed by atoms with Gasteiger partial charge in [-0.25, -0.2) is 4.79 Å². The molecule has 0 saturated heterocycles. The number of aliphatic hydroxyl groups is 1. The molecule has 0 heterocycles. The van der Waals surface area contributed by atoms with Crippen LogP contribution in [0.15, 0.2) is 48.5 Å². The summed E-state index contributed by atoms with van der Waals surface area (Å²) in [5, 5.41) is 24.2. The van der Waals surface area contributed by atoms with Gasteiger partial charge in [0.1, 0.15) is 11.7 Å². The molecule has 240 valence electrons. The van der Waals surface area contributed by atoms with Crippen LogP contribution in [0.3, 0.4) is 0 Å². The van der Waals surface area contributed by atoms with Gasteiger partial charge in [0.2, 0.25) is 11.5 Å². The number of ether oxygens (including phenoxy) is 7. The summed E-state index contributed by atoms with van der Waals surface area (Å²) in [5.74, 6) is -2.13. The fourth-order valence-electron chi connectivity index (χ4n) is 5.66. The molecule has 0 amide bonds. The van der Waals surface area contributed by atoms with E-state index >= 15 is 0 Å². The molecular weight excluding hydrogens is 584 g/mol. The Kier molecular flexibility index (Phi) is 9.82. The lowest BCUT2D eigenvalue weighted by molar-refractivity contribution is -0.181. The highest BCUT2D eigenvalue weighted by Crippen LogP contribution is 2.60. The van der Waals surface area contributed by atoms with Gasteiger partial charge in [0, 0.05) is 41.2 Å². The molecule has 0 saturated carbocycles. The third-order valence-corrected chi connectivity index (χ3v) is 8.02. The Balaban J connectivity index is 2.13. The van der Waals surface area contributed by atoms with E-state index in [0.717, 1.165) is 5.56 Å². The standard InChI is InChI=1S/C34H38O11/c1-18-29(44-19(2)35)21-16-24(40-5)31(42-7)32(43-8)27(21)26-22(17-23(39-4)30(41-6)28(26)37)33(34(18,3)38)45-25(36)15-14-20-12-10-9-11-13-20/h9-18,29,33,37-38H,1-8H3/b15-14+/t18-,29-,33+,34-/m0/s1. The van der Waals surface area contributed by atoms with Gasteiger partial charge < -0.3 is 43.4 Å². The minimum absolute atomic E-state index is 0.0367. The van der Waals surface area contributed by atoms with E-state index in [1.165, 1.54) is 61.5 Å². The van der Waals surface area contributed by atoms with Crippen LogP contribution in [-0.2, 0) is 19.1 Å². The predicted octanol–water partition coefficient (Wildman–Crippen LogP) is 5.40. The molecule has 0 unspecified atom stereocenters. The third-order valence-electron chi connectivity index (χ3n) is 8.02. The molecule has 11 heteroatoms. The first kappa shape index (κ1) is 33.0. The number of benzene rings is 3. The lowest BCUT2D eigenvalue weighted by Crippen LogP contribution is -2.46. The molecule has 0 bridgehead atoms. The first-order chi connectivity index (χ1) is 21.4. The maximum Gasteiger partial charge on any atom is 0.331 e. The number of carbonyl (C=O) groups is 2. The van der Waals surface area contributed by atoms with Crippen LogP contribution >= 0.6 is 0 Å². The fourth-order valence-corrected chi connectivity index (χ4v) is 5.66. The van der Waals surface area contributed by atoms with Crippen LogP contribution in [0.5, 0.6) is 34.5 Å². The molecule has 4 rings (SSSR count). The van der Waals surface area contributed by atoms with E-state index in [0.29, 0.717) is 5.56 Å². The zero-order valence-corrected chi connectivity index (χ0v) is 26.5. The smallest absolute Gasteiger partial charge is 0.331 e. The van der Waals surface area contributed by atoms with Crippen molar-refractivity contribution in [2.24, 2.45) is 5.92 Å². The quantitative estimate of drug-likeness (QED) is 0.234. The lowest BCUT2D eigenvalue weighted by atomic mass is 9.71. The average Bonchev–Trinajstić information content (AvgIpc) is 3.03. The van der Waals surface area contributed by atoms with Gasteiger partial charge in [0.15, 0.2) is 29.1 Å². The van der Waals surface area contributed by atoms with Gasteiger partial charge in [-0.2, -0.15) is 0 Å². The van der Waals surface area contributed by atoms with Crippen LogP contribution in [0.25, 0.3) is 17.2 Å². The second kappa shape index (κ2) is 13.4. The summed E-state index contributed by atoms with van der Waals surface area (Å²) in [5.41, 5.74) is -0.365. The number of rotatable bonds is 9. The molecule has 0 aromatic heterocycles. The number of hydrogen-bond acceptors (Lipinski definition) is 11. The monoisotopic (exact) mass is 622 g/mol. The molecule has 45 heavy (non-hydrogen) atoms. The summed E-state index contributed by atoms with van der Waals surface area (Å²) in [6.07, 6.45) is 0.224. The van der Waals surface area contributed by atoms with Gasteiger partial charge in [-0.3, -0.25) is 4.79 Å². The van der Waals surface area contributed by atoms with Crippen LogP contribution in [0.1, 0.15) is 49.7 Å². The SMILES string of the molecule is COc1cc2c(c(O)c1OC)-c1c(cc(OC)c(OC)c1OC)[C@@H](OC(C)=O)[C@H](C)[C@](C)(O)[C@@H]2OC(=O)/C=C/c1ccccc1. The van der Waals surface area contributed by atoms with E-state index in [2.05, 4.69) is 0 Å². The summed E-state index contributed by atoms with van der Waals surface area (Å²) < 4.78 is 40.0. The minimum atomic E-state index is -1.91. The zero-order chi connectivity index (χ0) is 33.1. The molecule has 2 N–H and O–H groups in total. The second-order valence-corrected chi connectivity index (χ2v) is 10.6. The van der Waals surface area contributed by atoms with E-state index in [9.17, 15) is 19.8 Å². The fraction of sp³-hybridized carbons (Fsp3) is 0.353. The van der Waals surface area contributed by atoms with Gasteiger partial charge in [-0.05, 0) is 30.7 Å². The van der Waals surface area contributed by atoms with Crippen molar-refractivity contribution in [1.29, 1.82) is 0 Å². The Morgan fingerprint density at radius 1 is 0.800 bits per heavy atom. The average molecular weight is 623 g/mol. The summed E-state index contributed by atoms with van der Waals surface area (Å²) >= 11 is 0. The number of fused-ring (bicyclic) bond motifs is 3. The molecule has 4 atom stereocenters. The molecule has 3 aromatic carbocycles. The number of carbonyl (C=O) groups excluding carboxylic acids is 2. The van der Waals surface area contributed by atoms with Gasteiger partial charge in [-0.1, -0.05) is 37.3 Å². The molecular formula is C34H38O11. The lowest BCUT2D eigenvalue weighted by Gasteiger charge is -2.43. The van der Waals surface area contributed by atoms with Crippen molar-refractivity contribution < 1.29 is 53.0 Å². The summed E-state index contributed by atoms with van der Waals surface area (Å²) in [7, 11) is 7.00. The van der Waals surface area contributed by atoms with Crippen molar-refractivity contribution in [3.8, 4) is 45.6 Å². The van der Waals surface area contributed by atoms with E-state index in [1.54, 1.807) is 19.1 Å². The Morgan fingerprint density at radius 3 is 1.93 bits per heavy atom. The highest BCUT2D eigenvalue weighted by Gasteiger charge is 2.51. The van der Waals surface area contributed by atoms with Crippen molar-refractivity contribution in [3.63, 3.8) is 0 Å². The number of phenolic OH excluding ortho intramolecular Hbond substituents is 1. The molecule has 0 fully saturated rings. The summed E-state index contributed by atoms with van der Waals surface area (Å²) in [6, 6.07) is 12.2. The molecule has 0 spiro atoms. The van der Waals surface area contributed by atoms with Crippen LogP contribution in [0.2, 0.25) is 0 Å². The Hall–Kier alpha value is -4.90. The van der Waals surface area contributed by atoms with E-state index in [4.69, 9.17) is 33.2 Å². The minimum Gasteiger partial charge on any atom is -0.504 e. The van der Waals surface area contributed by atoms with Crippen LogP contribution in [-0.4, -0.2) is 63.3 Å². The van der Waals surface area contributed by atoms with Crippen molar-refractivity contribution in [2.75, 3.05) is 35.5 Å². The van der Waals surface area contributed by atoms with Crippen LogP contribution in [0, 0.1) is 5.92 Å². The topological polar surface area (TPSA) is 139 Å². The molecule has 1 aliphatic carbocycles. The number of methoxy groups -OCH3 is 5. The van der Waals surface area contributed by atoms with Gasteiger partial charge in [0.05, 0.1) is 35.5 Å². The summed E-state index contributed by atoms with van der Waals surface area (Å²) in [6.45, 7) is 4.36. The summed E-state index contributed by atoms with van der Waals surface area (Å²) in [4.78, 5) is 25.9. The normalized spacial score (nSPS) is 20.6. The number of esters is 2. The zero-order valence-electron chi connectivity index (χ0n) is 26.5. The third kappa shape index (κ3) is 6.08. The molecule has 3 aromatic rings. The molecule has 1 aliphatic rings. The number of phenols is 1. The molecule has 0 radical (unpaired) electrons. The van der Waals surface area contributed by atoms with Gasteiger partial charge >= 0.3 is 11.9 Å². The van der Waals surface area contributed by atoms with Crippen molar-refractivity contribution >= 4 is 18.0 Å². The van der Waals surface area contributed by atoms with Crippen molar-refractivity contribution in [1.82, 2.24) is 0 Å². The largest absolute Gasteiger partial charge is 0.504 e. The van der Waals surface area contributed by atoms with Crippen molar-refractivity contribution in [2.45, 2.75) is 38.6 Å². The van der Waals surface area contributed by atoms with Gasteiger partial charge in [0.25, 0.3) is 0 Å². The Bertz CT molecular complexity index is 1590. The predicted molar refractivity (Wildman–Crippen MR) is 165 cm³/mol. The number of hydrogen-bond donors (Lipinski definition) is 2. The maximum absolute atomic E-state index is 13.4. The second-order valence-electron chi connectivity index (χ2n) is 10.6. The van der Waals surface area contributed by atoms with E-state index in [1.807, 2.05) is 30.3 Å². The molecule has 11 nitrogen and oxygen atoms in total. The first-order valence-electron chi connectivity index (χ1n) is 14.1. The number of aromatic hydroxyl groups is 1. The Labute approximate surface area is 261 Å². The highest BCUT2D eigenvalue weighted by atomic mass is 16.6.